The maximum atomic E-state index is 12.0. The van der Waals surface area contributed by atoms with Crippen LogP contribution < -0.4 is 0 Å². The number of amides is 1. The Bertz CT molecular complexity index is 362. The summed E-state index contributed by atoms with van der Waals surface area (Å²) >= 11 is 0. The third-order valence-electron chi connectivity index (χ3n) is 3.41. The van der Waals surface area contributed by atoms with Crippen molar-refractivity contribution in [1.29, 1.82) is 0 Å². The molecule has 5 nitrogen and oxygen atoms in total. The van der Waals surface area contributed by atoms with Crippen molar-refractivity contribution < 1.29 is 19.8 Å². The number of carbonyl (C=O) groups excluding carboxylic acids is 1. The second kappa shape index (κ2) is 5.31. The van der Waals surface area contributed by atoms with Gasteiger partial charge in [-0.15, -0.1) is 0 Å². The molecule has 0 aromatic heterocycles. The van der Waals surface area contributed by atoms with E-state index in [1.165, 1.54) is 18.7 Å². The minimum Gasteiger partial charge on any atom is -0.478 e. The maximum Gasteiger partial charge on any atom is 0.331 e. The Hall–Kier alpha value is -1.36. The van der Waals surface area contributed by atoms with Crippen molar-refractivity contribution in [3.8, 4) is 0 Å². The first-order chi connectivity index (χ1) is 7.84. The average molecular weight is 241 g/mol. The topological polar surface area (TPSA) is 77.8 Å². The molecule has 2 atom stereocenters. The first kappa shape index (κ1) is 13.7. The number of aliphatic hydroxyl groups is 1. The summed E-state index contributed by atoms with van der Waals surface area (Å²) in [6, 6.07) is 0. The number of hydrogen-bond acceptors (Lipinski definition) is 3. The van der Waals surface area contributed by atoms with Crippen LogP contribution in [0.3, 0.4) is 0 Å². The van der Waals surface area contributed by atoms with Crippen LogP contribution in [-0.4, -0.2) is 46.2 Å². The lowest BCUT2D eigenvalue weighted by Crippen LogP contribution is -2.46. The van der Waals surface area contributed by atoms with Gasteiger partial charge in [-0.25, -0.2) is 4.79 Å². The number of likely N-dealkylation sites (tertiary alicyclic amines) is 1. The van der Waals surface area contributed by atoms with Gasteiger partial charge < -0.3 is 15.1 Å². The first-order valence-electron chi connectivity index (χ1n) is 5.72. The van der Waals surface area contributed by atoms with E-state index in [9.17, 15) is 14.7 Å². The van der Waals surface area contributed by atoms with Crippen LogP contribution in [0.4, 0.5) is 0 Å². The van der Waals surface area contributed by atoms with Crippen LogP contribution in [0.2, 0.25) is 0 Å². The molecule has 0 aromatic rings. The van der Waals surface area contributed by atoms with Gasteiger partial charge in [0.2, 0.25) is 5.91 Å². The van der Waals surface area contributed by atoms with Gasteiger partial charge >= 0.3 is 5.97 Å². The fourth-order valence-corrected chi connectivity index (χ4v) is 1.79. The number of nitrogens with zero attached hydrogens (tertiary/aromatic N) is 1. The molecule has 1 saturated heterocycles. The van der Waals surface area contributed by atoms with E-state index in [0.717, 1.165) is 6.42 Å². The lowest BCUT2D eigenvalue weighted by molar-refractivity contribution is -0.135. The summed E-state index contributed by atoms with van der Waals surface area (Å²) in [6.07, 6.45) is 0.220. The number of β-amino-alcohol motifs (C(OH)–C–C–N with tert-alkyl or cyclic N) is 1. The molecule has 96 valence electrons. The molecule has 1 rings (SSSR count). The lowest BCUT2D eigenvalue weighted by Gasteiger charge is -2.34. The molecular weight excluding hydrogens is 222 g/mol. The molecule has 1 fully saturated rings. The van der Waals surface area contributed by atoms with Crippen molar-refractivity contribution in [2.75, 3.05) is 13.1 Å². The highest BCUT2D eigenvalue weighted by atomic mass is 16.4. The van der Waals surface area contributed by atoms with E-state index < -0.39 is 12.1 Å². The van der Waals surface area contributed by atoms with Gasteiger partial charge in [0, 0.05) is 24.2 Å². The summed E-state index contributed by atoms with van der Waals surface area (Å²) in [5, 5.41) is 18.5. The standard InChI is InChI=1S/C12H19NO4/c1-7-4-5-13(6-10(7)14)11(15)8(2)9(3)12(16)17/h7,10,14H,4-6H2,1-3H3,(H,16,17). The molecule has 1 amide bonds. The van der Waals surface area contributed by atoms with Crippen molar-refractivity contribution in [1.82, 2.24) is 4.90 Å². The zero-order valence-electron chi connectivity index (χ0n) is 10.4. The van der Waals surface area contributed by atoms with Crippen LogP contribution in [0.1, 0.15) is 27.2 Å². The highest BCUT2D eigenvalue weighted by Crippen LogP contribution is 2.19. The van der Waals surface area contributed by atoms with E-state index in [-0.39, 0.29) is 29.5 Å². The molecule has 2 N–H and O–H groups in total. The minimum absolute atomic E-state index is 0.0584. The lowest BCUT2D eigenvalue weighted by atomic mass is 9.95. The molecule has 0 radical (unpaired) electrons. The summed E-state index contributed by atoms with van der Waals surface area (Å²) in [5.41, 5.74) is 0.294. The van der Waals surface area contributed by atoms with Gasteiger partial charge in [0.05, 0.1) is 6.10 Å². The minimum atomic E-state index is -1.08. The molecule has 1 aliphatic heterocycles. The number of aliphatic carboxylic acids is 1. The number of piperidine rings is 1. The maximum absolute atomic E-state index is 12.0. The van der Waals surface area contributed by atoms with Crippen molar-refractivity contribution >= 4 is 11.9 Å². The molecule has 0 saturated carbocycles. The average Bonchev–Trinajstić information content (AvgIpc) is 2.29. The van der Waals surface area contributed by atoms with E-state index in [2.05, 4.69) is 0 Å². The number of carboxylic acid groups (broad SMARTS) is 1. The summed E-state index contributed by atoms with van der Waals surface area (Å²) in [5.74, 6) is -1.19. The Balaban J connectivity index is 2.78. The molecular formula is C12H19NO4. The molecule has 0 bridgehead atoms. The van der Waals surface area contributed by atoms with Crippen LogP contribution >= 0.6 is 0 Å². The van der Waals surface area contributed by atoms with E-state index in [1.807, 2.05) is 6.92 Å². The molecule has 0 aromatic carbocycles. The predicted octanol–water partition coefficient (Wildman–Crippen LogP) is 0.637. The largest absolute Gasteiger partial charge is 0.478 e. The van der Waals surface area contributed by atoms with E-state index in [4.69, 9.17) is 5.11 Å². The van der Waals surface area contributed by atoms with Crippen LogP contribution in [-0.2, 0) is 9.59 Å². The van der Waals surface area contributed by atoms with Gasteiger partial charge in [-0.1, -0.05) is 6.92 Å². The van der Waals surface area contributed by atoms with E-state index >= 15 is 0 Å². The van der Waals surface area contributed by atoms with Gasteiger partial charge in [0.25, 0.3) is 0 Å². The van der Waals surface area contributed by atoms with Gasteiger partial charge in [-0.3, -0.25) is 4.79 Å². The predicted molar refractivity (Wildman–Crippen MR) is 62.4 cm³/mol. The summed E-state index contributed by atoms with van der Waals surface area (Å²) < 4.78 is 0. The molecule has 1 heterocycles. The Labute approximate surface area is 101 Å². The molecule has 17 heavy (non-hydrogen) atoms. The third-order valence-corrected chi connectivity index (χ3v) is 3.41. The Kier molecular flexibility index (Phi) is 4.28. The number of aliphatic hydroxyl groups excluding tert-OH is 1. The van der Waals surface area contributed by atoms with E-state index in [0.29, 0.717) is 6.54 Å². The zero-order chi connectivity index (χ0) is 13.2. The summed E-state index contributed by atoms with van der Waals surface area (Å²) in [4.78, 5) is 24.3. The molecule has 2 unspecified atom stereocenters. The van der Waals surface area contributed by atoms with Gasteiger partial charge in [0.15, 0.2) is 0 Å². The highest BCUT2D eigenvalue weighted by Gasteiger charge is 2.28. The normalized spacial score (nSPS) is 26.5. The fraction of sp³-hybridized carbons (Fsp3) is 0.667. The monoisotopic (exact) mass is 241 g/mol. The van der Waals surface area contributed by atoms with Crippen molar-refractivity contribution in [3.63, 3.8) is 0 Å². The second-order valence-electron chi connectivity index (χ2n) is 4.64. The summed E-state index contributed by atoms with van der Waals surface area (Å²) in [7, 11) is 0. The smallest absolute Gasteiger partial charge is 0.331 e. The van der Waals surface area contributed by atoms with Gasteiger partial charge in [-0.05, 0) is 26.2 Å². The molecule has 1 aliphatic rings. The number of carbonyl (C=O) groups is 2. The fourth-order valence-electron chi connectivity index (χ4n) is 1.79. The molecule has 0 aliphatic carbocycles. The molecule has 5 heteroatoms. The first-order valence-corrected chi connectivity index (χ1v) is 5.72. The number of rotatable bonds is 2. The highest BCUT2D eigenvalue weighted by molar-refractivity contribution is 6.01. The summed E-state index contributed by atoms with van der Waals surface area (Å²) in [6.45, 7) is 5.72. The van der Waals surface area contributed by atoms with Crippen molar-refractivity contribution in [3.05, 3.63) is 11.1 Å². The molecule has 0 spiro atoms. The SMILES string of the molecule is CC(C(=O)O)=C(C)C(=O)N1CCC(C)C(O)C1. The Morgan fingerprint density at radius 3 is 2.29 bits per heavy atom. The van der Waals surface area contributed by atoms with Crippen molar-refractivity contribution in [2.24, 2.45) is 5.92 Å². The van der Waals surface area contributed by atoms with Crippen LogP contribution in [0.15, 0.2) is 11.1 Å². The van der Waals surface area contributed by atoms with Gasteiger partial charge in [0.1, 0.15) is 0 Å². The third kappa shape index (κ3) is 3.06. The Morgan fingerprint density at radius 1 is 1.24 bits per heavy atom. The van der Waals surface area contributed by atoms with Crippen LogP contribution in [0.5, 0.6) is 0 Å². The van der Waals surface area contributed by atoms with E-state index in [1.54, 1.807) is 0 Å². The van der Waals surface area contributed by atoms with Crippen LogP contribution in [0.25, 0.3) is 0 Å². The second-order valence-corrected chi connectivity index (χ2v) is 4.64. The quantitative estimate of drug-likeness (QED) is 0.695. The van der Waals surface area contributed by atoms with Gasteiger partial charge in [-0.2, -0.15) is 0 Å². The van der Waals surface area contributed by atoms with Crippen molar-refractivity contribution in [2.45, 2.75) is 33.3 Å². The number of hydrogen-bond donors (Lipinski definition) is 2. The van der Waals surface area contributed by atoms with Crippen LogP contribution in [0, 0.1) is 5.92 Å². The zero-order valence-corrected chi connectivity index (χ0v) is 10.4. The Morgan fingerprint density at radius 2 is 1.82 bits per heavy atom. The number of carboxylic acids is 1.